The topological polar surface area (TPSA) is 82.1 Å². The number of benzene rings is 1. The van der Waals surface area contributed by atoms with Gasteiger partial charge < -0.3 is 19.1 Å². The van der Waals surface area contributed by atoms with E-state index in [4.69, 9.17) is 14.2 Å². The van der Waals surface area contributed by atoms with Gasteiger partial charge in [0.2, 0.25) is 5.91 Å². The van der Waals surface area contributed by atoms with Crippen LogP contribution in [0.5, 0.6) is 5.75 Å². The van der Waals surface area contributed by atoms with Crippen LogP contribution >= 0.6 is 27.3 Å². The second kappa shape index (κ2) is 12.2. The Labute approximate surface area is 238 Å². The van der Waals surface area contributed by atoms with Crippen molar-refractivity contribution in [2.75, 3.05) is 20.3 Å². The maximum Gasteiger partial charge on any atom is 0.351 e. The molecule has 0 spiro atoms. The molecule has 7 nitrogen and oxygen atoms in total. The second-order valence-corrected chi connectivity index (χ2v) is 13.2. The zero-order chi connectivity index (χ0) is 28.3. The third-order valence-electron chi connectivity index (χ3n) is 6.74. The summed E-state index contributed by atoms with van der Waals surface area (Å²) in [5.41, 5.74) is 2.18. The van der Waals surface area contributed by atoms with Crippen molar-refractivity contribution in [1.29, 1.82) is 0 Å². The fourth-order valence-electron chi connectivity index (χ4n) is 5.78. The van der Waals surface area contributed by atoms with E-state index >= 15 is 0 Å². The van der Waals surface area contributed by atoms with Gasteiger partial charge in [0.25, 0.3) is 0 Å². The van der Waals surface area contributed by atoms with Gasteiger partial charge in [-0.1, -0.05) is 45.9 Å². The highest BCUT2D eigenvalue weighted by Crippen LogP contribution is 2.48. The molecule has 1 aliphatic carbocycles. The van der Waals surface area contributed by atoms with E-state index in [2.05, 4.69) is 43.6 Å². The van der Waals surface area contributed by atoms with Gasteiger partial charge in [0, 0.05) is 19.5 Å². The number of methoxy groups -OCH3 is 1. The summed E-state index contributed by atoms with van der Waals surface area (Å²) < 4.78 is 16.1. The predicted octanol–water partition coefficient (Wildman–Crippen LogP) is 6.86. The van der Waals surface area contributed by atoms with Crippen molar-refractivity contribution in [1.82, 2.24) is 4.90 Å². The fourth-order valence-corrected chi connectivity index (χ4v) is 7.75. The Morgan fingerprint density at radius 1 is 1.13 bits per heavy atom. The van der Waals surface area contributed by atoms with Crippen LogP contribution in [-0.2, 0) is 25.6 Å². The van der Waals surface area contributed by atoms with Crippen LogP contribution in [0.2, 0.25) is 0 Å². The fraction of sp³-hybridized carbons (Fsp3) is 0.552. The molecule has 1 saturated carbocycles. The van der Waals surface area contributed by atoms with E-state index < -0.39 is 11.9 Å². The average Bonchev–Trinajstić information content (AvgIpc) is 3.15. The SMILES string of the molecule is CCOC(=O)COc1c(C(=O)OC)sc(-c2cccc(CN(C(C)=O)C3CC(C)(C)CC(C)(C)C3)c2)c1Br. The Balaban J connectivity index is 1.92. The maximum absolute atomic E-state index is 12.8. The first-order valence-corrected chi connectivity index (χ1v) is 14.4. The van der Waals surface area contributed by atoms with E-state index in [0.29, 0.717) is 11.0 Å². The lowest BCUT2D eigenvalue weighted by atomic mass is 9.63. The van der Waals surface area contributed by atoms with Gasteiger partial charge in [0.05, 0.1) is 23.1 Å². The second-order valence-electron chi connectivity index (χ2n) is 11.4. The summed E-state index contributed by atoms with van der Waals surface area (Å²) >= 11 is 4.79. The molecule has 1 fully saturated rings. The Kier molecular flexibility index (Phi) is 9.68. The number of carbonyl (C=O) groups is 3. The number of rotatable bonds is 9. The summed E-state index contributed by atoms with van der Waals surface area (Å²) in [6.07, 6.45) is 3.07. The van der Waals surface area contributed by atoms with Crippen molar-refractivity contribution in [3.63, 3.8) is 0 Å². The molecule has 0 atom stereocenters. The van der Waals surface area contributed by atoms with Crippen LogP contribution in [0, 0.1) is 10.8 Å². The van der Waals surface area contributed by atoms with E-state index in [1.807, 2.05) is 29.2 Å². The maximum atomic E-state index is 12.8. The molecular weight excluding hydrogens is 570 g/mol. The van der Waals surface area contributed by atoms with Gasteiger partial charge in [-0.25, -0.2) is 9.59 Å². The monoisotopic (exact) mass is 607 g/mol. The number of halogens is 1. The predicted molar refractivity (Wildman–Crippen MR) is 152 cm³/mol. The Morgan fingerprint density at radius 2 is 1.79 bits per heavy atom. The highest BCUT2D eigenvalue weighted by Gasteiger charge is 2.41. The molecule has 1 amide bonds. The van der Waals surface area contributed by atoms with Gasteiger partial charge in [-0.2, -0.15) is 0 Å². The molecular formula is C29H38BrNO6S. The minimum absolute atomic E-state index is 0.0637. The van der Waals surface area contributed by atoms with Crippen molar-refractivity contribution in [3.05, 3.63) is 39.2 Å². The van der Waals surface area contributed by atoms with Crippen molar-refractivity contribution >= 4 is 45.1 Å². The van der Waals surface area contributed by atoms with E-state index in [1.165, 1.54) is 18.4 Å². The van der Waals surface area contributed by atoms with Crippen LogP contribution in [0.25, 0.3) is 10.4 Å². The van der Waals surface area contributed by atoms with Crippen LogP contribution < -0.4 is 4.74 Å². The van der Waals surface area contributed by atoms with E-state index in [0.717, 1.165) is 35.3 Å². The molecule has 1 aliphatic rings. The van der Waals surface area contributed by atoms with E-state index in [9.17, 15) is 14.4 Å². The summed E-state index contributed by atoms with van der Waals surface area (Å²) in [6, 6.07) is 8.10. The van der Waals surface area contributed by atoms with Crippen LogP contribution in [0.1, 0.15) is 76.0 Å². The third kappa shape index (κ3) is 7.38. The highest BCUT2D eigenvalue weighted by molar-refractivity contribution is 9.10. The lowest BCUT2D eigenvalue weighted by molar-refractivity contribution is -0.145. The number of thiophene rings is 1. The summed E-state index contributed by atoms with van der Waals surface area (Å²) in [5, 5.41) is 0. The normalized spacial score (nSPS) is 16.5. The van der Waals surface area contributed by atoms with Crippen LogP contribution in [-0.4, -0.2) is 49.1 Å². The van der Waals surface area contributed by atoms with Crippen molar-refractivity contribution in [3.8, 4) is 16.2 Å². The molecule has 0 aliphatic heterocycles. The molecule has 0 bridgehead atoms. The first-order valence-electron chi connectivity index (χ1n) is 12.8. The summed E-state index contributed by atoms with van der Waals surface area (Å²) in [7, 11) is 1.30. The van der Waals surface area contributed by atoms with Crippen molar-refractivity contribution < 1.29 is 28.6 Å². The molecule has 1 aromatic heterocycles. The quantitative estimate of drug-likeness (QED) is 0.290. The van der Waals surface area contributed by atoms with Gasteiger partial charge in [-0.3, -0.25) is 4.79 Å². The molecule has 0 unspecified atom stereocenters. The Morgan fingerprint density at radius 3 is 2.37 bits per heavy atom. The highest BCUT2D eigenvalue weighted by atomic mass is 79.9. The number of esters is 2. The Bertz CT molecular complexity index is 1170. The molecule has 1 heterocycles. The smallest absolute Gasteiger partial charge is 0.351 e. The number of amides is 1. The van der Waals surface area contributed by atoms with E-state index in [1.54, 1.807) is 13.8 Å². The van der Waals surface area contributed by atoms with Gasteiger partial charge >= 0.3 is 11.9 Å². The summed E-state index contributed by atoms with van der Waals surface area (Å²) in [5.74, 6) is -0.772. The summed E-state index contributed by atoms with van der Waals surface area (Å²) in [6.45, 7) is 12.9. The third-order valence-corrected chi connectivity index (χ3v) is 8.96. The van der Waals surface area contributed by atoms with Gasteiger partial charge in [0.1, 0.15) is 0 Å². The molecule has 0 N–H and O–H groups in total. The molecule has 9 heteroatoms. The number of nitrogens with zero attached hydrogens (tertiary/aromatic N) is 1. The number of carbonyl (C=O) groups excluding carboxylic acids is 3. The molecule has 0 saturated heterocycles. The van der Waals surface area contributed by atoms with E-state index in [-0.39, 0.29) is 46.6 Å². The minimum Gasteiger partial charge on any atom is -0.479 e. The molecule has 1 aromatic carbocycles. The van der Waals surface area contributed by atoms with Crippen molar-refractivity contribution in [2.24, 2.45) is 10.8 Å². The molecule has 2 aromatic rings. The lowest BCUT2D eigenvalue weighted by Gasteiger charge is -2.48. The van der Waals surface area contributed by atoms with Crippen LogP contribution in [0.3, 0.4) is 0 Å². The lowest BCUT2D eigenvalue weighted by Crippen LogP contribution is -2.47. The summed E-state index contributed by atoms with van der Waals surface area (Å²) in [4.78, 5) is 40.2. The zero-order valence-corrected chi connectivity index (χ0v) is 25.7. The van der Waals surface area contributed by atoms with Gasteiger partial charge in [-0.05, 0) is 70.1 Å². The van der Waals surface area contributed by atoms with Crippen LogP contribution in [0.15, 0.2) is 28.7 Å². The average molecular weight is 609 g/mol. The molecule has 208 valence electrons. The Hall–Kier alpha value is -2.39. The van der Waals surface area contributed by atoms with Gasteiger partial charge in [-0.15, -0.1) is 11.3 Å². The number of hydrogen-bond acceptors (Lipinski definition) is 7. The molecule has 38 heavy (non-hydrogen) atoms. The van der Waals surface area contributed by atoms with Crippen molar-refractivity contribution in [2.45, 2.75) is 73.4 Å². The zero-order valence-electron chi connectivity index (χ0n) is 23.3. The first kappa shape index (κ1) is 30.2. The largest absolute Gasteiger partial charge is 0.479 e. The molecule has 3 rings (SSSR count). The molecule has 0 radical (unpaired) electrons. The van der Waals surface area contributed by atoms with Crippen LogP contribution in [0.4, 0.5) is 0 Å². The minimum atomic E-state index is -0.553. The standard InChI is InChI=1S/C29H38BrNO6S/c1-8-36-22(33)16-37-24-23(30)25(38-26(24)27(34)35-7)20-11-9-10-19(12-20)15-31(18(2)32)21-13-28(3,4)17-29(5,6)14-21/h9-12,21H,8,13-17H2,1-7H3. The number of hydrogen-bond donors (Lipinski definition) is 0. The van der Waals surface area contributed by atoms with Gasteiger partial charge in [0.15, 0.2) is 17.2 Å². The number of ether oxygens (including phenoxy) is 3. The first-order chi connectivity index (χ1) is 17.8.